The van der Waals surface area contributed by atoms with Crippen LogP contribution in [-0.4, -0.2) is 26.4 Å². The molecule has 2 aromatic rings. The number of anilines is 1. The molecular weight excluding hydrogens is 308 g/mol. The first kappa shape index (κ1) is 12.6. The van der Waals surface area contributed by atoms with E-state index < -0.39 is 6.10 Å². The molecule has 0 radical (unpaired) electrons. The van der Waals surface area contributed by atoms with Crippen LogP contribution >= 0.6 is 15.9 Å². The predicted molar refractivity (Wildman–Crippen MR) is 75.8 cm³/mol. The zero-order valence-electron chi connectivity index (χ0n) is 10.6. The highest BCUT2D eigenvalue weighted by Crippen LogP contribution is 2.31. The normalized spacial score (nSPS) is 16.3. The van der Waals surface area contributed by atoms with Crippen LogP contribution in [-0.2, 0) is 13.1 Å². The Balaban J connectivity index is 1.97. The van der Waals surface area contributed by atoms with Crippen molar-refractivity contribution in [2.75, 3.05) is 11.4 Å². The van der Waals surface area contributed by atoms with Crippen molar-refractivity contribution in [2.24, 2.45) is 0 Å². The van der Waals surface area contributed by atoms with Crippen LogP contribution in [0, 0.1) is 0 Å². The summed E-state index contributed by atoms with van der Waals surface area (Å²) in [5.41, 5.74) is 2.00. The number of hydrogen-bond donors (Lipinski definition) is 1. The minimum atomic E-state index is -0.483. The molecule has 5 nitrogen and oxygen atoms in total. The first-order chi connectivity index (χ1) is 9.15. The summed E-state index contributed by atoms with van der Waals surface area (Å²) in [6.45, 7) is 4.27. The maximum Gasteiger partial charge on any atom is 0.152 e. The lowest BCUT2D eigenvalue weighted by molar-refractivity contribution is 0.199. The van der Waals surface area contributed by atoms with Gasteiger partial charge in [-0.05, 0) is 19.1 Å². The lowest BCUT2D eigenvalue weighted by atomic mass is 10.1. The first-order valence-corrected chi connectivity index (χ1v) is 7.03. The summed E-state index contributed by atoms with van der Waals surface area (Å²) in [5, 5.41) is 18.0. The van der Waals surface area contributed by atoms with Crippen LogP contribution in [0.4, 0.5) is 5.69 Å². The molecule has 1 unspecified atom stereocenters. The molecule has 100 valence electrons. The van der Waals surface area contributed by atoms with Crippen LogP contribution in [0.5, 0.6) is 0 Å². The molecule has 0 bridgehead atoms. The van der Waals surface area contributed by atoms with Gasteiger partial charge in [0.15, 0.2) is 5.82 Å². The number of nitrogens with zero attached hydrogens (tertiary/aromatic N) is 4. The fourth-order valence-corrected chi connectivity index (χ4v) is 2.76. The quantitative estimate of drug-likeness (QED) is 0.920. The summed E-state index contributed by atoms with van der Waals surface area (Å²) in [6.07, 6.45) is 1.28. The molecule has 2 heterocycles. The van der Waals surface area contributed by atoms with Crippen LogP contribution in [0.1, 0.15) is 24.4 Å². The van der Waals surface area contributed by atoms with E-state index in [1.807, 2.05) is 18.2 Å². The molecule has 1 atom stereocenters. The van der Waals surface area contributed by atoms with E-state index in [-0.39, 0.29) is 0 Å². The number of aliphatic hydroxyl groups is 1. The maximum atomic E-state index is 9.91. The Morgan fingerprint density at radius 1 is 1.37 bits per heavy atom. The van der Waals surface area contributed by atoms with Gasteiger partial charge in [0.25, 0.3) is 0 Å². The first-order valence-electron chi connectivity index (χ1n) is 6.24. The molecule has 1 N–H and O–H groups in total. The van der Waals surface area contributed by atoms with E-state index in [1.165, 1.54) is 0 Å². The topological polar surface area (TPSA) is 54.2 Å². The summed E-state index contributed by atoms with van der Waals surface area (Å²) in [7, 11) is 0. The average Bonchev–Trinajstić information content (AvgIpc) is 2.85. The lowest BCUT2D eigenvalue weighted by Gasteiger charge is -2.31. The van der Waals surface area contributed by atoms with Crippen molar-refractivity contribution in [2.45, 2.75) is 26.1 Å². The summed E-state index contributed by atoms with van der Waals surface area (Å²) in [6, 6.07) is 5.97. The number of fused-ring (bicyclic) bond motifs is 1. The third-order valence-corrected chi connectivity index (χ3v) is 3.92. The summed E-state index contributed by atoms with van der Waals surface area (Å²) in [4.78, 5) is 2.23. The summed E-state index contributed by atoms with van der Waals surface area (Å²) >= 11 is 3.49. The van der Waals surface area contributed by atoms with E-state index >= 15 is 0 Å². The number of aliphatic hydroxyl groups excluding tert-OH is 1. The van der Waals surface area contributed by atoms with Crippen molar-refractivity contribution in [3.05, 3.63) is 40.4 Å². The third kappa shape index (κ3) is 2.37. The molecule has 1 aromatic carbocycles. The fourth-order valence-electron chi connectivity index (χ4n) is 2.42. The van der Waals surface area contributed by atoms with Crippen LogP contribution < -0.4 is 4.90 Å². The minimum absolute atomic E-state index is 0.483. The van der Waals surface area contributed by atoms with Crippen LogP contribution in [0.3, 0.4) is 0 Å². The molecule has 0 fully saturated rings. The van der Waals surface area contributed by atoms with Crippen molar-refractivity contribution in [1.29, 1.82) is 0 Å². The van der Waals surface area contributed by atoms with Crippen LogP contribution in [0.15, 0.2) is 29.0 Å². The van der Waals surface area contributed by atoms with Gasteiger partial charge in [-0.1, -0.05) is 22.0 Å². The van der Waals surface area contributed by atoms with Gasteiger partial charge in [-0.25, -0.2) is 0 Å². The highest BCUT2D eigenvalue weighted by atomic mass is 79.9. The Bertz CT molecular complexity index is 596. The van der Waals surface area contributed by atoms with E-state index in [9.17, 15) is 5.11 Å². The fraction of sp³-hybridized carbons (Fsp3) is 0.385. The molecule has 1 aliphatic heterocycles. The van der Waals surface area contributed by atoms with Gasteiger partial charge >= 0.3 is 0 Å². The van der Waals surface area contributed by atoms with Crippen molar-refractivity contribution in [1.82, 2.24) is 14.8 Å². The summed E-state index contributed by atoms with van der Waals surface area (Å²) in [5.74, 6) is 0.961. The minimum Gasteiger partial charge on any atom is -0.389 e. The average molecular weight is 323 g/mol. The van der Waals surface area contributed by atoms with E-state index in [0.717, 1.165) is 41.2 Å². The van der Waals surface area contributed by atoms with Crippen LogP contribution in [0.2, 0.25) is 0 Å². The lowest BCUT2D eigenvalue weighted by Crippen LogP contribution is -2.34. The van der Waals surface area contributed by atoms with Gasteiger partial charge in [-0.15, -0.1) is 10.2 Å². The smallest absolute Gasteiger partial charge is 0.152 e. The Labute approximate surface area is 120 Å². The van der Waals surface area contributed by atoms with Gasteiger partial charge in [0.2, 0.25) is 0 Å². The Kier molecular flexibility index (Phi) is 3.28. The molecule has 0 saturated heterocycles. The van der Waals surface area contributed by atoms with E-state index in [2.05, 4.69) is 35.6 Å². The second kappa shape index (κ2) is 4.94. The molecule has 3 rings (SSSR count). The van der Waals surface area contributed by atoms with Crippen molar-refractivity contribution < 1.29 is 5.11 Å². The van der Waals surface area contributed by atoms with Crippen molar-refractivity contribution in [3.8, 4) is 0 Å². The molecule has 0 aliphatic carbocycles. The Morgan fingerprint density at radius 3 is 3.00 bits per heavy atom. The van der Waals surface area contributed by atoms with Gasteiger partial charge in [-0.3, -0.25) is 0 Å². The molecule has 0 spiro atoms. The Morgan fingerprint density at radius 2 is 2.21 bits per heavy atom. The van der Waals surface area contributed by atoms with Gasteiger partial charge in [0, 0.05) is 28.8 Å². The Hall–Kier alpha value is -1.40. The van der Waals surface area contributed by atoms with Gasteiger partial charge in [0.05, 0.1) is 12.6 Å². The molecule has 1 aromatic heterocycles. The molecule has 0 saturated carbocycles. The number of aromatic nitrogens is 3. The SMILES string of the molecule is CC(O)c1ccc(Br)cc1N1CCn2cnnc2C1. The highest BCUT2D eigenvalue weighted by Gasteiger charge is 2.21. The third-order valence-electron chi connectivity index (χ3n) is 3.42. The maximum absolute atomic E-state index is 9.91. The monoisotopic (exact) mass is 322 g/mol. The molecule has 6 heteroatoms. The van der Waals surface area contributed by atoms with Gasteiger partial charge in [0.1, 0.15) is 6.33 Å². The van der Waals surface area contributed by atoms with Gasteiger partial charge in [-0.2, -0.15) is 0 Å². The number of benzene rings is 1. The zero-order chi connectivity index (χ0) is 13.4. The van der Waals surface area contributed by atoms with Gasteiger partial charge < -0.3 is 14.6 Å². The largest absolute Gasteiger partial charge is 0.389 e. The van der Waals surface area contributed by atoms with E-state index in [0.29, 0.717) is 0 Å². The van der Waals surface area contributed by atoms with Crippen molar-refractivity contribution >= 4 is 21.6 Å². The zero-order valence-corrected chi connectivity index (χ0v) is 12.2. The second-order valence-corrected chi connectivity index (χ2v) is 5.66. The molecule has 19 heavy (non-hydrogen) atoms. The highest BCUT2D eigenvalue weighted by molar-refractivity contribution is 9.10. The van der Waals surface area contributed by atoms with Crippen LogP contribution in [0.25, 0.3) is 0 Å². The standard InChI is InChI=1S/C13H15BrN4O/c1-9(19)11-3-2-10(14)6-12(11)17-4-5-18-8-15-16-13(18)7-17/h2-3,6,8-9,19H,4-5,7H2,1H3. The van der Waals surface area contributed by atoms with E-state index in [4.69, 9.17) is 0 Å². The second-order valence-electron chi connectivity index (χ2n) is 4.74. The van der Waals surface area contributed by atoms with E-state index in [1.54, 1.807) is 13.3 Å². The molecule has 0 amide bonds. The summed E-state index contributed by atoms with van der Waals surface area (Å²) < 4.78 is 3.08. The number of hydrogen-bond acceptors (Lipinski definition) is 4. The predicted octanol–water partition coefficient (Wildman–Crippen LogP) is 2.11. The molecular formula is C13H15BrN4O. The molecule has 1 aliphatic rings. The van der Waals surface area contributed by atoms with Crippen molar-refractivity contribution in [3.63, 3.8) is 0 Å². The number of rotatable bonds is 2. The number of halogens is 1.